The molecule has 5 rings (SSSR count). The number of benzene rings is 3. The van der Waals surface area contributed by atoms with Crippen molar-refractivity contribution < 1.29 is 27.4 Å². The maximum atomic E-state index is 12.6. The van der Waals surface area contributed by atoms with Gasteiger partial charge in [-0.1, -0.05) is 24.3 Å². The largest absolute Gasteiger partial charge is 0.508 e. The number of alkyl halides is 1. The van der Waals surface area contributed by atoms with E-state index in [2.05, 4.69) is 9.62 Å². The number of phenolic OH excluding ortho intramolecular Hbond substituents is 1. The molecule has 2 aliphatic rings. The Morgan fingerprint density at radius 3 is 2.58 bits per heavy atom. The van der Waals surface area contributed by atoms with Crippen LogP contribution in [0.5, 0.6) is 17.2 Å². The van der Waals surface area contributed by atoms with Crippen LogP contribution in [0.25, 0.3) is 11.1 Å². The zero-order valence-corrected chi connectivity index (χ0v) is 22.2. The molecule has 2 aliphatic heterocycles. The SMILES string of the molecule is CC1=C(c2cccc(NS(C)(=O)=O)c2)[C@@H](c2ccc(OCCN3CC(CF)C3)cc2)Oc2ccc(O)cc21. The molecule has 1 atom stereocenters. The van der Waals surface area contributed by atoms with Crippen LogP contribution in [-0.2, 0) is 10.0 Å². The Balaban J connectivity index is 1.42. The first-order valence-electron chi connectivity index (χ1n) is 12.5. The van der Waals surface area contributed by atoms with Crippen molar-refractivity contribution in [1.29, 1.82) is 0 Å². The van der Waals surface area contributed by atoms with Crippen LogP contribution in [0.4, 0.5) is 10.1 Å². The second-order valence-corrected chi connectivity index (χ2v) is 11.6. The first kappa shape index (κ1) is 26.1. The van der Waals surface area contributed by atoms with E-state index in [1.807, 2.05) is 37.3 Å². The highest BCUT2D eigenvalue weighted by Gasteiger charge is 2.30. The second kappa shape index (κ2) is 10.7. The van der Waals surface area contributed by atoms with Crippen LogP contribution in [-0.4, -0.2) is 57.6 Å². The minimum absolute atomic E-state index is 0.136. The fraction of sp³-hybridized carbons (Fsp3) is 0.310. The van der Waals surface area contributed by atoms with Gasteiger partial charge in [0.15, 0.2) is 0 Å². The maximum Gasteiger partial charge on any atom is 0.229 e. The number of phenols is 1. The number of halogens is 1. The molecule has 2 heterocycles. The van der Waals surface area contributed by atoms with Gasteiger partial charge in [0.25, 0.3) is 0 Å². The van der Waals surface area contributed by atoms with E-state index in [-0.39, 0.29) is 18.3 Å². The Morgan fingerprint density at radius 2 is 1.87 bits per heavy atom. The third-order valence-electron chi connectivity index (χ3n) is 6.87. The monoisotopic (exact) mass is 538 g/mol. The normalized spacial score (nSPS) is 17.9. The molecule has 0 aliphatic carbocycles. The van der Waals surface area contributed by atoms with Gasteiger partial charge in [-0.2, -0.15) is 0 Å². The Labute approximate surface area is 222 Å². The molecule has 0 radical (unpaired) electrons. The summed E-state index contributed by atoms with van der Waals surface area (Å²) in [4.78, 5) is 2.18. The van der Waals surface area contributed by atoms with Crippen LogP contribution >= 0.6 is 0 Å². The second-order valence-electron chi connectivity index (χ2n) is 9.87. The molecule has 1 saturated heterocycles. The van der Waals surface area contributed by atoms with Crippen LogP contribution in [0.3, 0.4) is 0 Å². The number of sulfonamides is 1. The van der Waals surface area contributed by atoms with Crippen molar-refractivity contribution in [3.8, 4) is 17.2 Å². The lowest BCUT2D eigenvalue weighted by molar-refractivity contribution is 0.0668. The number of allylic oxidation sites excluding steroid dienone is 1. The molecule has 3 aromatic rings. The zero-order valence-electron chi connectivity index (χ0n) is 21.4. The van der Waals surface area contributed by atoms with Crippen molar-refractivity contribution in [2.45, 2.75) is 13.0 Å². The Kier molecular flexibility index (Phi) is 7.32. The van der Waals surface area contributed by atoms with Crippen molar-refractivity contribution in [3.63, 3.8) is 0 Å². The predicted molar refractivity (Wildman–Crippen MR) is 147 cm³/mol. The van der Waals surface area contributed by atoms with Gasteiger partial charge in [-0.15, -0.1) is 0 Å². The molecule has 0 aromatic heterocycles. The van der Waals surface area contributed by atoms with E-state index in [1.165, 1.54) is 0 Å². The molecule has 9 heteroatoms. The van der Waals surface area contributed by atoms with E-state index in [0.29, 0.717) is 18.0 Å². The van der Waals surface area contributed by atoms with Crippen molar-refractivity contribution in [1.82, 2.24) is 4.90 Å². The first-order chi connectivity index (χ1) is 18.2. The predicted octanol–water partition coefficient (Wildman–Crippen LogP) is 5.11. The lowest BCUT2D eigenvalue weighted by Gasteiger charge is -2.37. The Hall–Kier alpha value is -3.56. The van der Waals surface area contributed by atoms with Crippen LogP contribution < -0.4 is 14.2 Å². The zero-order chi connectivity index (χ0) is 26.9. The number of nitrogens with one attached hydrogen (secondary N) is 1. The Bertz CT molecular complexity index is 1450. The number of rotatable bonds is 9. The molecule has 7 nitrogen and oxygen atoms in total. The third kappa shape index (κ3) is 5.79. The summed E-state index contributed by atoms with van der Waals surface area (Å²) >= 11 is 0. The molecule has 1 fully saturated rings. The minimum atomic E-state index is -3.44. The molecule has 2 N–H and O–H groups in total. The van der Waals surface area contributed by atoms with Crippen LogP contribution in [0.1, 0.15) is 29.7 Å². The molecule has 0 bridgehead atoms. The molecule has 38 heavy (non-hydrogen) atoms. The molecule has 0 amide bonds. The average Bonchev–Trinajstić information content (AvgIpc) is 2.85. The van der Waals surface area contributed by atoms with E-state index in [0.717, 1.165) is 59.5 Å². The van der Waals surface area contributed by atoms with Gasteiger partial charge in [-0.05, 0) is 66.1 Å². The van der Waals surface area contributed by atoms with Crippen LogP contribution in [0, 0.1) is 5.92 Å². The summed E-state index contributed by atoms with van der Waals surface area (Å²) in [5.74, 6) is 1.68. The van der Waals surface area contributed by atoms with Crippen molar-refractivity contribution in [2.75, 3.05) is 43.9 Å². The molecule has 0 spiro atoms. The van der Waals surface area contributed by atoms with Gasteiger partial charge in [0.2, 0.25) is 10.0 Å². The molecular weight excluding hydrogens is 507 g/mol. The summed E-state index contributed by atoms with van der Waals surface area (Å²) in [6.07, 6.45) is 0.650. The summed E-state index contributed by atoms with van der Waals surface area (Å²) in [5.41, 5.74) is 4.73. The summed E-state index contributed by atoms with van der Waals surface area (Å²) in [6, 6.07) is 19.9. The number of anilines is 1. The molecule has 3 aromatic carbocycles. The van der Waals surface area contributed by atoms with Crippen molar-refractivity contribution in [3.05, 3.63) is 83.4 Å². The topological polar surface area (TPSA) is 88.1 Å². The summed E-state index contributed by atoms with van der Waals surface area (Å²) in [7, 11) is -3.44. The Morgan fingerprint density at radius 1 is 1.11 bits per heavy atom. The lowest BCUT2D eigenvalue weighted by Crippen LogP contribution is -2.49. The van der Waals surface area contributed by atoms with Crippen LogP contribution in [0.2, 0.25) is 0 Å². The van der Waals surface area contributed by atoms with Gasteiger partial charge < -0.3 is 14.6 Å². The molecular formula is C29H31FN2O5S. The van der Waals surface area contributed by atoms with E-state index in [4.69, 9.17) is 9.47 Å². The first-order valence-corrected chi connectivity index (χ1v) is 14.4. The number of nitrogens with zero attached hydrogens (tertiary/aromatic N) is 1. The van der Waals surface area contributed by atoms with E-state index in [9.17, 15) is 17.9 Å². The summed E-state index contributed by atoms with van der Waals surface area (Å²) < 4.78 is 51.2. The summed E-state index contributed by atoms with van der Waals surface area (Å²) in [6.45, 7) is 4.57. The van der Waals surface area contributed by atoms with Gasteiger partial charge in [0, 0.05) is 42.4 Å². The smallest absolute Gasteiger partial charge is 0.229 e. The quantitative estimate of drug-likeness (QED) is 0.394. The van der Waals surface area contributed by atoms with Gasteiger partial charge in [-0.25, -0.2) is 8.42 Å². The fourth-order valence-corrected chi connectivity index (χ4v) is 5.55. The highest BCUT2D eigenvalue weighted by molar-refractivity contribution is 7.92. The van der Waals surface area contributed by atoms with E-state index >= 15 is 0 Å². The number of ether oxygens (including phenoxy) is 2. The standard InChI is InChI=1S/C29H31FN2O5S/c1-19-26-15-24(33)8-11-27(26)37-29(28(19)22-4-3-5-23(14-22)31-38(2,34)35)21-6-9-25(10-7-21)36-13-12-32-17-20(16-30)18-32/h3-11,14-15,20,29,31,33H,12-13,16-18H2,1-2H3/t29-/m1/s1. The number of hydrogen-bond donors (Lipinski definition) is 2. The minimum Gasteiger partial charge on any atom is -0.508 e. The van der Waals surface area contributed by atoms with Gasteiger partial charge in [0.05, 0.1) is 12.9 Å². The molecule has 200 valence electrons. The van der Waals surface area contributed by atoms with Gasteiger partial charge in [0.1, 0.15) is 30.0 Å². The van der Waals surface area contributed by atoms with E-state index in [1.54, 1.807) is 36.4 Å². The van der Waals surface area contributed by atoms with Crippen molar-refractivity contribution >= 4 is 26.9 Å². The average molecular weight is 539 g/mol. The summed E-state index contributed by atoms with van der Waals surface area (Å²) in [5, 5.41) is 10.1. The van der Waals surface area contributed by atoms with Crippen LogP contribution in [0.15, 0.2) is 66.7 Å². The highest BCUT2D eigenvalue weighted by atomic mass is 32.2. The van der Waals surface area contributed by atoms with Crippen molar-refractivity contribution in [2.24, 2.45) is 5.92 Å². The van der Waals surface area contributed by atoms with Gasteiger partial charge >= 0.3 is 0 Å². The third-order valence-corrected chi connectivity index (χ3v) is 7.47. The number of hydrogen-bond acceptors (Lipinski definition) is 6. The molecule has 0 unspecified atom stereocenters. The van der Waals surface area contributed by atoms with E-state index < -0.39 is 16.1 Å². The fourth-order valence-electron chi connectivity index (χ4n) is 5.00. The number of aromatic hydroxyl groups is 1. The number of fused-ring (bicyclic) bond motifs is 1. The molecule has 0 saturated carbocycles. The maximum absolute atomic E-state index is 12.6. The number of likely N-dealkylation sites (tertiary alicyclic amines) is 1. The highest BCUT2D eigenvalue weighted by Crippen LogP contribution is 2.47. The van der Waals surface area contributed by atoms with Gasteiger partial charge in [-0.3, -0.25) is 14.0 Å². The lowest BCUT2D eigenvalue weighted by atomic mass is 9.86.